The molecule has 0 radical (unpaired) electrons. The normalized spacial score (nSPS) is 13.5. The smallest absolute Gasteiger partial charge is 0.285 e. The molecule has 0 N–H and O–H groups in total. The first-order chi connectivity index (χ1) is 8.01. The second kappa shape index (κ2) is 4.25. The van der Waals surface area contributed by atoms with Gasteiger partial charge >= 0.3 is 18.0 Å². The van der Waals surface area contributed by atoms with E-state index in [9.17, 15) is 35.5 Å². The van der Waals surface area contributed by atoms with Gasteiger partial charge in [0, 0.05) is 5.56 Å². The van der Waals surface area contributed by atoms with Gasteiger partial charge in [0.05, 0.1) is 0 Å². The van der Waals surface area contributed by atoms with E-state index in [4.69, 9.17) is 0 Å². The van der Waals surface area contributed by atoms with Gasteiger partial charge in [-0.15, -0.1) is 0 Å². The van der Waals surface area contributed by atoms with E-state index in [1.807, 2.05) is 0 Å². The summed E-state index contributed by atoms with van der Waals surface area (Å²) in [6.45, 7) is 0. The summed E-state index contributed by atoms with van der Waals surface area (Å²) in [5.74, 6) is -14.5. The lowest BCUT2D eigenvalue weighted by molar-refractivity contribution is -0.277. The summed E-state index contributed by atoms with van der Waals surface area (Å²) in [6, 6.07) is 4.39. The van der Waals surface area contributed by atoms with Crippen molar-refractivity contribution in [2.45, 2.75) is 18.0 Å². The minimum atomic E-state index is -6.36. The van der Waals surface area contributed by atoms with Crippen molar-refractivity contribution in [3.8, 4) is 0 Å². The van der Waals surface area contributed by atoms with Crippen molar-refractivity contribution < 1.29 is 35.5 Å². The summed E-state index contributed by atoms with van der Waals surface area (Å²) < 4.78 is 87.1. The quantitative estimate of drug-likeness (QED) is 0.770. The molecule has 1 rings (SSSR count). The molecule has 8 heteroatoms. The number of hydrogen-bond donors (Lipinski definition) is 0. The number of ketones is 1. The average Bonchev–Trinajstić information content (AvgIpc) is 2.27. The van der Waals surface area contributed by atoms with Crippen molar-refractivity contribution >= 4 is 5.78 Å². The van der Waals surface area contributed by atoms with Gasteiger partial charge in [0.15, 0.2) is 0 Å². The lowest BCUT2D eigenvalue weighted by Gasteiger charge is -2.23. The molecule has 18 heavy (non-hydrogen) atoms. The van der Waals surface area contributed by atoms with Crippen molar-refractivity contribution in [1.29, 1.82) is 0 Å². The van der Waals surface area contributed by atoms with Crippen molar-refractivity contribution in [2.75, 3.05) is 0 Å². The van der Waals surface area contributed by atoms with E-state index in [0.717, 1.165) is 12.1 Å². The van der Waals surface area contributed by atoms with Crippen molar-refractivity contribution in [3.63, 3.8) is 0 Å². The predicted molar refractivity (Wildman–Crippen MR) is 46.3 cm³/mol. The van der Waals surface area contributed by atoms with Gasteiger partial charge < -0.3 is 0 Å². The molecule has 1 aromatic carbocycles. The molecule has 100 valence electrons. The molecule has 0 bridgehead atoms. The minimum Gasteiger partial charge on any atom is -0.285 e. The fourth-order valence-electron chi connectivity index (χ4n) is 1.10. The van der Waals surface area contributed by atoms with Crippen LogP contribution < -0.4 is 0 Å². The maximum atomic E-state index is 13.2. The monoisotopic (exact) mass is 274 g/mol. The third kappa shape index (κ3) is 2.32. The Hall–Kier alpha value is -1.60. The molecule has 1 nitrogen and oxygen atoms in total. The topological polar surface area (TPSA) is 17.1 Å². The molecule has 0 amide bonds. The zero-order valence-corrected chi connectivity index (χ0v) is 8.44. The Morgan fingerprint density at radius 3 is 1.67 bits per heavy atom. The second-order valence-electron chi connectivity index (χ2n) is 3.34. The lowest BCUT2D eigenvalue weighted by Crippen LogP contribution is -2.50. The molecule has 0 aromatic heterocycles. The highest BCUT2D eigenvalue weighted by Crippen LogP contribution is 2.43. The highest BCUT2D eigenvalue weighted by Gasteiger charge is 2.69. The standard InChI is InChI=1S/C10H5F7O/c11-8(12,6-4-2-1-3-5-6)7(18)9(13,14)10(15,16)17/h1-5H. The summed E-state index contributed by atoms with van der Waals surface area (Å²) in [5, 5.41) is 0. The third-order valence-corrected chi connectivity index (χ3v) is 2.06. The average molecular weight is 274 g/mol. The maximum absolute atomic E-state index is 13.2. The Balaban J connectivity index is 3.19. The largest absolute Gasteiger partial charge is 0.461 e. The summed E-state index contributed by atoms with van der Waals surface area (Å²) in [7, 11) is 0. The summed E-state index contributed by atoms with van der Waals surface area (Å²) in [6.07, 6.45) is -6.36. The van der Waals surface area contributed by atoms with Crippen LogP contribution in [0.3, 0.4) is 0 Å². The van der Waals surface area contributed by atoms with Crippen LogP contribution in [0.1, 0.15) is 5.56 Å². The molecular weight excluding hydrogens is 269 g/mol. The van der Waals surface area contributed by atoms with Crippen LogP contribution in [-0.4, -0.2) is 17.9 Å². The molecule has 1 aromatic rings. The molecule has 0 saturated carbocycles. The Kier molecular flexibility index (Phi) is 3.42. The van der Waals surface area contributed by atoms with Crippen LogP contribution >= 0.6 is 0 Å². The van der Waals surface area contributed by atoms with Crippen molar-refractivity contribution in [3.05, 3.63) is 35.9 Å². The predicted octanol–water partition coefficient (Wildman–Crippen LogP) is 3.55. The summed E-state index contributed by atoms with van der Waals surface area (Å²) in [4.78, 5) is 10.7. The zero-order chi connectivity index (χ0) is 14.2. The number of rotatable bonds is 3. The van der Waals surface area contributed by atoms with Gasteiger partial charge in [-0.05, 0) is 0 Å². The van der Waals surface area contributed by atoms with Gasteiger partial charge in [-0.25, -0.2) is 0 Å². The molecule has 0 saturated heterocycles. The van der Waals surface area contributed by atoms with Crippen LogP contribution in [-0.2, 0) is 10.7 Å². The Morgan fingerprint density at radius 2 is 1.28 bits per heavy atom. The highest BCUT2D eigenvalue weighted by atomic mass is 19.4. The van der Waals surface area contributed by atoms with Crippen LogP contribution in [0.4, 0.5) is 30.7 Å². The molecule has 0 aliphatic rings. The van der Waals surface area contributed by atoms with Gasteiger partial charge in [0.2, 0.25) is 0 Å². The molecule has 0 unspecified atom stereocenters. The number of Topliss-reactive ketones (excluding diaryl/α,β-unsaturated/α-hetero) is 1. The Labute approximate surface area is 96.2 Å². The Morgan fingerprint density at radius 1 is 0.833 bits per heavy atom. The fourth-order valence-corrected chi connectivity index (χ4v) is 1.10. The van der Waals surface area contributed by atoms with Gasteiger partial charge in [0.25, 0.3) is 5.78 Å². The van der Waals surface area contributed by atoms with Gasteiger partial charge in [-0.2, -0.15) is 30.7 Å². The van der Waals surface area contributed by atoms with Gasteiger partial charge in [0.1, 0.15) is 0 Å². The Bertz CT molecular complexity index is 435. The number of benzene rings is 1. The van der Waals surface area contributed by atoms with Crippen LogP contribution in [0.15, 0.2) is 30.3 Å². The van der Waals surface area contributed by atoms with E-state index in [2.05, 4.69) is 0 Å². The minimum absolute atomic E-state index is 0.588. The number of carbonyl (C=O) groups excluding carboxylic acids is 1. The van der Waals surface area contributed by atoms with Crippen LogP contribution in [0.5, 0.6) is 0 Å². The van der Waals surface area contributed by atoms with Crippen LogP contribution in [0.25, 0.3) is 0 Å². The molecule has 0 aliphatic carbocycles. The fraction of sp³-hybridized carbons (Fsp3) is 0.300. The number of hydrogen-bond acceptors (Lipinski definition) is 1. The first kappa shape index (κ1) is 14.5. The zero-order valence-electron chi connectivity index (χ0n) is 8.44. The molecule has 0 heterocycles. The maximum Gasteiger partial charge on any atom is 0.461 e. The molecule has 0 atom stereocenters. The molecular formula is C10H5F7O. The first-order valence-corrected chi connectivity index (χ1v) is 4.44. The molecule has 0 fully saturated rings. The number of carbonyl (C=O) groups is 1. The van der Waals surface area contributed by atoms with E-state index < -0.39 is 29.4 Å². The van der Waals surface area contributed by atoms with Crippen LogP contribution in [0.2, 0.25) is 0 Å². The van der Waals surface area contributed by atoms with E-state index in [-0.39, 0.29) is 0 Å². The van der Waals surface area contributed by atoms with Crippen molar-refractivity contribution in [2.24, 2.45) is 0 Å². The summed E-state index contributed by atoms with van der Waals surface area (Å²) in [5.41, 5.74) is -1.22. The van der Waals surface area contributed by atoms with E-state index in [1.165, 1.54) is 6.07 Å². The van der Waals surface area contributed by atoms with Crippen molar-refractivity contribution in [1.82, 2.24) is 0 Å². The van der Waals surface area contributed by atoms with E-state index >= 15 is 0 Å². The lowest BCUT2D eigenvalue weighted by atomic mass is 10.00. The first-order valence-electron chi connectivity index (χ1n) is 4.44. The number of alkyl halides is 7. The van der Waals surface area contributed by atoms with Crippen LogP contribution in [0, 0.1) is 0 Å². The third-order valence-electron chi connectivity index (χ3n) is 2.06. The van der Waals surface area contributed by atoms with E-state index in [1.54, 1.807) is 0 Å². The summed E-state index contributed by atoms with van der Waals surface area (Å²) >= 11 is 0. The van der Waals surface area contributed by atoms with E-state index in [0.29, 0.717) is 12.1 Å². The molecule has 0 spiro atoms. The molecule has 0 aliphatic heterocycles. The van der Waals surface area contributed by atoms with Gasteiger partial charge in [-0.3, -0.25) is 4.79 Å². The second-order valence-corrected chi connectivity index (χ2v) is 3.34. The SMILES string of the molecule is O=C(C(F)(F)c1ccccc1)C(F)(F)C(F)(F)F. The van der Waals surface area contributed by atoms with Gasteiger partial charge in [-0.1, -0.05) is 30.3 Å². The highest BCUT2D eigenvalue weighted by molar-refractivity contribution is 5.93. The number of halogens is 7.